The van der Waals surface area contributed by atoms with Crippen LogP contribution in [0, 0.1) is 4.91 Å². The summed E-state index contributed by atoms with van der Waals surface area (Å²) in [7, 11) is 0. The molecule has 0 aliphatic rings. The van der Waals surface area contributed by atoms with E-state index in [-0.39, 0.29) is 10.9 Å². The van der Waals surface area contributed by atoms with Gasteiger partial charge in [0.15, 0.2) is 10.9 Å². The number of carbonyl (C=O) groups is 1. The quantitative estimate of drug-likeness (QED) is 0.496. The number of hydrogen-bond acceptors (Lipinski definition) is 4. The minimum atomic E-state index is -0.916. The smallest absolute Gasteiger partial charge is 0.351 e. The molecular weight excluding hydrogens is 154 g/mol. The van der Waals surface area contributed by atoms with Crippen LogP contribution >= 0.6 is 12.6 Å². The average Bonchev–Trinajstić information content (AvgIpc) is 2.34. The van der Waals surface area contributed by atoms with Gasteiger partial charge in [-0.25, -0.2) is 0 Å². The van der Waals surface area contributed by atoms with Gasteiger partial charge >= 0.3 is 5.91 Å². The van der Waals surface area contributed by atoms with Crippen molar-refractivity contribution >= 4 is 18.5 Å². The van der Waals surface area contributed by atoms with Crippen molar-refractivity contribution in [3.63, 3.8) is 0 Å². The SMILES string of the molecule is O=NC(=O)c1ccc(S)o1. The molecule has 0 unspecified atom stereocenters. The lowest BCUT2D eigenvalue weighted by molar-refractivity contribution is 0.0969. The Morgan fingerprint density at radius 3 is 2.70 bits per heavy atom. The second-order valence-electron chi connectivity index (χ2n) is 1.53. The average molecular weight is 157 g/mol. The molecule has 0 bridgehead atoms. The van der Waals surface area contributed by atoms with E-state index in [0.29, 0.717) is 0 Å². The lowest BCUT2D eigenvalue weighted by Gasteiger charge is -1.80. The van der Waals surface area contributed by atoms with Gasteiger partial charge in [0.2, 0.25) is 0 Å². The molecule has 0 atom stereocenters. The Bertz CT molecular complexity index is 268. The molecule has 1 aromatic rings. The zero-order valence-corrected chi connectivity index (χ0v) is 5.67. The summed E-state index contributed by atoms with van der Waals surface area (Å²) in [5.74, 6) is -1.000. The molecule has 0 fully saturated rings. The van der Waals surface area contributed by atoms with Gasteiger partial charge in [0.05, 0.1) is 0 Å². The first-order valence-corrected chi connectivity index (χ1v) is 2.85. The fraction of sp³-hybridized carbons (Fsp3) is 0. The Kier molecular flexibility index (Phi) is 1.86. The molecule has 0 aromatic carbocycles. The zero-order chi connectivity index (χ0) is 7.56. The van der Waals surface area contributed by atoms with Crippen molar-refractivity contribution in [1.82, 2.24) is 0 Å². The molecule has 52 valence electrons. The van der Waals surface area contributed by atoms with E-state index in [9.17, 15) is 9.70 Å². The maximum atomic E-state index is 10.4. The largest absolute Gasteiger partial charge is 0.445 e. The number of rotatable bonds is 1. The molecule has 0 spiro atoms. The highest BCUT2D eigenvalue weighted by molar-refractivity contribution is 7.80. The first-order valence-electron chi connectivity index (χ1n) is 2.40. The molecule has 0 aliphatic heterocycles. The minimum Gasteiger partial charge on any atom is -0.445 e. The summed E-state index contributed by atoms with van der Waals surface area (Å²) >= 11 is 3.78. The summed E-state index contributed by atoms with van der Waals surface area (Å²) in [5.41, 5.74) is 0. The highest BCUT2D eigenvalue weighted by Gasteiger charge is 2.08. The van der Waals surface area contributed by atoms with E-state index >= 15 is 0 Å². The fourth-order valence-corrected chi connectivity index (χ4v) is 0.660. The van der Waals surface area contributed by atoms with Crippen LogP contribution < -0.4 is 0 Å². The van der Waals surface area contributed by atoms with Crippen molar-refractivity contribution in [1.29, 1.82) is 0 Å². The molecule has 1 rings (SSSR count). The molecule has 1 aromatic heterocycles. The summed E-state index contributed by atoms with van der Waals surface area (Å²) in [6, 6.07) is 2.80. The van der Waals surface area contributed by atoms with Gasteiger partial charge in [-0.05, 0) is 12.1 Å². The third-order valence-electron chi connectivity index (χ3n) is 0.886. The van der Waals surface area contributed by atoms with Crippen LogP contribution in [0.5, 0.6) is 0 Å². The van der Waals surface area contributed by atoms with Crippen molar-refractivity contribution in [3.8, 4) is 0 Å². The Hall–Kier alpha value is -1.10. The van der Waals surface area contributed by atoms with Gasteiger partial charge < -0.3 is 4.42 Å². The Morgan fingerprint density at radius 1 is 1.60 bits per heavy atom. The van der Waals surface area contributed by atoms with Gasteiger partial charge in [0, 0.05) is 5.18 Å². The normalized spacial score (nSPS) is 9.30. The number of nitrogens with zero attached hydrogens (tertiary/aromatic N) is 1. The van der Waals surface area contributed by atoms with Crippen molar-refractivity contribution in [3.05, 3.63) is 22.8 Å². The molecule has 0 N–H and O–H groups in total. The molecule has 0 saturated heterocycles. The molecule has 4 nitrogen and oxygen atoms in total. The second-order valence-corrected chi connectivity index (χ2v) is 1.98. The first-order chi connectivity index (χ1) is 4.74. The molecular formula is C5H3NO3S. The summed E-state index contributed by atoms with van der Waals surface area (Å²) in [5, 5.41) is 2.44. The number of carbonyl (C=O) groups excluding carboxylic acids is 1. The Labute approximate surface area is 61.6 Å². The van der Waals surface area contributed by atoms with E-state index in [1.165, 1.54) is 12.1 Å². The van der Waals surface area contributed by atoms with Crippen LogP contribution in [0.3, 0.4) is 0 Å². The van der Waals surface area contributed by atoms with Gasteiger partial charge in [-0.15, -0.1) is 17.5 Å². The summed E-state index contributed by atoms with van der Waals surface area (Å²) in [6.45, 7) is 0. The van der Waals surface area contributed by atoms with Crippen LogP contribution in [-0.4, -0.2) is 5.91 Å². The third-order valence-corrected chi connectivity index (χ3v) is 1.13. The molecule has 0 radical (unpaired) electrons. The van der Waals surface area contributed by atoms with Gasteiger partial charge in [-0.1, -0.05) is 0 Å². The van der Waals surface area contributed by atoms with Crippen LogP contribution in [0.1, 0.15) is 10.6 Å². The number of nitroso groups, excluding NO2 is 1. The van der Waals surface area contributed by atoms with E-state index in [2.05, 4.69) is 22.2 Å². The standard InChI is InChI=1S/C5H3NO3S/c7-5(6-8)3-1-2-4(10)9-3/h1-2,10H. The van der Waals surface area contributed by atoms with Crippen LogP contribution in [-0.2, 0) is 0 Å². The van der Waals surface area contributed by atoms with E-state index in [1.54, 1.807) is 0 Å². The molecule has 0 saturated carbocycles. The fourth-order valence-electron chi connectivity index (χ4n) is 0.488. The van der Waals surface area contributed by atoms with Crippen molar-refractivity contribution in [2.75, 3.05) is 0 Å². The van der Waals surface area contributed by atoms with Crippen molar-refractivity contribution < 1.29 is 9.21 Å². The molecule has 0 aliphatic carbocycles. The zero-order valence-electron chi connectivity index (χ0n) is 4.77. The second kappa shape index (κ2) is 2.66. The van der Waals surface area contributed by atoms with Crippen LogP contribution in [0.4, 0.5) is 0 Å². The van der Waals surface area contributed by atoms with Crippen LogP contribution in [0.15, 0.2) is 26.8 Å². The summed E-state index contributed by atoms with van der Waals surface area (Å²) < 4.78 is 4.66. The number of furan rings is 1. The number of hydrogen-bond donors (Lipinski definition) is 1. The Balaban J connectivity index is 2.95. The van der Waals surface area contributed by atoms with Crippen LogP contribution in [0.25, 0.3) is 0 Å². The molecule has 10 heavy (non-hydrogen) atoms. The number of amides is 1. The Morgan fingerprint density at radius 2 is 2.30 bits per heavy atom. The van der Waals surface area contributed by atoms with Gasteiger partial charge in [0.1, 0.15) is 0 Å². The molecule has 1 heterocycles. The maximum Gasteiger partial charge on any atom is 0.351 e. The van der Waals surface area contributed by atoms with E-state index < -0.39 is 5.91 Å². The van der Waals surface area contributed by atoms with Gasteiger partial charge in [0.25, 0.3) is 0 Å². The van der Waals surface area contributed by atoms with Crippen molar-refractivity contribution in [2.24, 2.45) is 5.18 Å². The van der Waals surface area contributed by atoms with Gasteiger partial charge in [-0.2, -0.15) is 0 Å². The van der Waals surface area contributed by atoms with Gasteiger partial charge in [-0.3, -0.25) is 4.79 Å². The van der Waals surface area contributed by atoms with E-state index in [4.69, 9.17) is 0 Å². The monoisotopic (exact) mass is 157 g/mol. The number of thiol groups is 1. The lowest BCUT2D eigenvalue weighted by Crippen LogP contribution is -1.88. The molecule has 5 heteroatoms. The topological polar surface area (TPSA) is 59.6 Å². The summed E-state index contributed by atoms with van der Waals surface area (Å²) in [4.78, 5) is 20.0. The minimum absolute atomic E-state index is 0.0833. The highest BCUT2D eigenvalue weighted by atomic mass is 32.1. The predicted molar refractivity (Wildman–Crippen MR) is 36.1 cm³/mol. The van der Waals surface area contributed by atoms with Crippen LogP contribution in [0.2, 0.25) is 0 Å². The highest BCUT2D eigenvalue weighted by Crippen LogP contribution is 2.11. The maximum absolute atomic E-state index is 10.4. The van der Waals surface area contributed by atoms with E-state index in [1.807, 2.05) is 0 Å². The first kappa shape index (κ1) is 7.01. The van der Waals surface area contributed by atoms with E-state index in [0.717, 1.165) is 0 Å². The third kappa shape index (κ3) is 1.24. The summed E-state index contributed by atoms with van der Waals surface area (Å²) in [6.07, 6.45) is 0. The molecule has 1 amide bonds. The predicted octanol–water partition coefficient (Wildman–Crippen LogP) is 1.47. The lowest BCUT2D eigenvalue weighted by atomic mass is 10.4. The van der Waals surface area contributed by atoms with Crippen molar-refractivity contribution in [2.45, 2.75) is 5.09 Å².